The van der Waals surface area contributed by atoms with Gasteiger partial charge < -0.3 is 9.45 Å². The molecule has 4 nitrogen and oxygen atoms in total. The lowest BCUT2D eigenvalue weighted by molar-refractivity contribution is -0.131. The molecule has 1 N–H and O–H groups in total. The molecule has 1 aliphatic carbocycles. The number of rotatable bonds is 5. The zero-order valence-electron chi connectivity index (χ0n) is 14.9. The molecule has 4 atom stereocenters. The van der Waals surface area contributed by atoms with Gasteiger partial charge >= 0.3 is 0 Å². The lowest BCUT2D eigenvalue weighted by Crippen LogP contribution is -2.38. The Bertz CT molecular complexity index is 781. The fraction of sp³-hybridized carbons (Fsp3) is 0.381. The van der Waals surface area contributed by atoms with E-state index in [1.807, 2.05) is 11.0 Å². The fourth-order valence-electron chi connectivity index (χ4n) is 4.04. The minimum absolute atomic E-state index is 0.0886. The lowest BCUT2D eigenvalue weighted by atomic mass is 9.96. The van der Waals surface area contributed by atoms with Crippen LogP contribution in [-0.4, -0.2) is 40.7 Å². The zero-order valence-corrected chi connectivity index (χ0v) is 15.7. The van der Waals surface area contributed by atoms with Gasteiger partial charge in [-0.2, -0.15) is 0 Å². The van der Waals surface area contributed by atoms with Gasteiger partial charge in [0.25, 0.3) is 0 Å². The first kappa shape index (κ1) is 17.6. The summed E-state index contributed by atoms with van der Waals surface area (Å²) in [7, 11) is 0. The van der Waals surface area contributed by atoms with Gasteiger partial charge in [0.2, 0.25) is 5.91 Å². The van der Waals surface area contributed by atoms with Crippen LogP contribution in [0.5, 0.6) is 0 Å². The van der Waals surface area contributed by atoms with Gasteiger partial charge in [-0.15, -0.1) is 4.72 Å². The summed E-state index contributed by atoms with van der Waals surface area (Å²) in [5.74, 6) is 0.654. The Kier molecular flexibility index (Phi) is 5.02. The summed E-state index contributed by atoms with van der Waals surface area (Å²) in [6.45, 7) is 1.43. The van der Waals surface area contributed by atoms with E-state index in [4.69, 9.17) is 0 Å². The number of nitrogens with zero attached hydrogens (tertiary/aromatic N) is 1. The van der Waals surface area contributed by atoms with Crippen LogP contribution in [0.15, 0.2) is 54.6 Å². The van der Waals surface area contributed by atoms with Gasteiger partial charge in [-0.25, -0.2) is 0 Å². The number of carbonyl (C=O) groups excluding carboxylic acids is 1. The van der Waals surface area contributed by atoms with E-state index in [1.54, 1.807) is 6.26 Å². The lowest BCUT2D eigenvalue weighted by Gasteiger charge is -2.17. The minimum atomic E-state index is -1.03. The topological polar surface area (TPSA) is 55.4 Å². The number of hydrogen-bond acceptors (Lipinski definition) is 3. The van der Waals surface area contributed by atoms with E-state index in [9.17, 15) is 9.35 Å². The van der Waals surface area contributed by atoms with Crippen LogP contribution in [0.25, 0.3) is 11.1 Å². The number of hydrogen-bond donors (Lipinski definition) is 1. The highest BCUT2D eigenvalue weighted by atomic mass is 32.2. The molecule has 2 fully saturated rings. The summed E-state index contributed by atoms with van der Waals surface area (Å²) >= 11 is -1.03. The van der Waals surface area contributed by atoms with Crippen molar-refractivity contribution in [3.63, 3.8) is 0 Å². The third-order valence-electron chi connectivity index (χ3n) is 5.39. The predicted octanol–water partition coefficient (Wildman–Crippen LogP) is 2.94. The molecule has 0 spiro atoms. The Morgan fingerprint density at radius 2 is 1.88 bits per heavy atom. The second-order valence-corrected chi connectivity index (χ2v) is 8.39. The molecule has 1 saturated heterocycles. The maximum Gasteiger partial charge on any atom is 0.226 e. The SMILES string of the molecule is C[S+]([O-])N[C@@H]1CCN(C(=O)C2CC2c2ccccc2-c2ccccc2)C1. The largest absolute Gasteiger partial charge is 0.598 e. The summed E-state index contributed by atoms with van der Waals surface area (Å²) in [6, 6.07) is 19.0. The molecule has 2 aliphatic rings. The molecule has 0 radical (unpaired) electrons. The van der Waals surface area contributed by atoms with Crippen molar-refractivity contribution in [2.75, 3.05) is 19.3 Å². The normalized spacial score (nSPS) is 25.9. The van der Waals surface area contributed by atoms with Gasteiger partial charge in [0.15, 0.2) is 0 Å². The van der Waals surface area contributed by atoms with Gasteiger partial charge in [0.1, 0.15) is 6.26 Å². The third-order valence-corrected chi connectivity index (χ3v) is 6.05. The molecule has 1 heterocycles. The van der Waals surface area contributed by atoms with Crippen molar-refractivity contribution in [3.8, 4) is 11.1 Å². The maximum absolute atomic E-state index is 12.9. The first-order chi connectivity index (χ1) is 12.6. The Morgan fingerprint density at radius 1 is 1.15 bits per heavy atom. The van der Waals surface area contributed by atoms with Gasteiger partial charge in [-0.1, -0.05) is 54.6 Å². The maximum atomic E-state index is 12.9. The molecule has 1 aliphatic heterocycles. The van der Waals surface area contributed by atoms with E-state index < -0.39 is 11.4 Å². The molecule has 0 bridgehead atoms. The highest BCUT2D eigenvalue weighted by Crippen LogP contribution is 2.51. The molecule has 2 aromatic rings. The second kappa shape index (κ2) is 7.43. The summed E-state index contributed by atoms with van der Waals surface area (Å²) in [4.78, 5) is 14.8. The van der Waals surface area contributed by atoms with E-state index in [0.29, 0.717) is 12.5 Å². The van der Waals surface area contributed by atoms with Crippen LogP contribution in [0.4, 0.5) is 0 Å². The Morgan fingerprint density at radius 3 is 2.65 bits per heavy atom. The molecule has 26 heavy (non-hydrogen) atoms. The van der Waals surface area contributed by atoms with Crippen LogP contribution in [-0.2, 0) is 16.2 Å². The molecular weight excluding hydrogens is 344 g/mol. The number of likely N-dealkylation sites (tertiary alicyclic amines) is 1. The molecule has 1 amide bonds. The van der Waals surface area contributed by atoms with Gasteiger partial charge in [0.05, 0.1) is 6.04 Å². The quantitative estimate of drug-likeness (QED) is 0.826. The third kappa shape index (κ3) is 3.65. The van der Waals surface area contributed by atoms with E-state index in [-0.39, 0.29) is 17.9 Å². The first-order valence-corrected chi connectivity index (χ1v) is 10.7. The van der Waals surface area contributed by atoms with E-state index in [2.05, 4.69) is 53.3 Å². The summed E-state index contributed by atoms with van der Waals surface area (Å²) in [6.07, 6.45) is 3.45. The van der Waals surface area contributed by atoms with Crippen LogP contribution in [0.3, 0.4) is 0 Å². The first-order valence-electron chi connectivity index (χ1n) is 9.16. The van der Waals surface area contributed by atoms with E-state index >= 15 is 0 Å². The van der Waals surface area contributed by atoms with Crippen molar-refractivity contribution in [1.29, 1.82) is 0 Å². The van der Waals surface area contributed by atoms with Crippen molar-refractivity contribution in [1.82, 2.24) is 9.62 Å². The Hall–Kier alpha value is -1.82. The summed E-state index contributed by atoms with van der Waals surface area (Å²) < 4.78 is 14.4. The van der Waals surface area contributed by atoms with Crippen molar-refractivity contribution in [3.05, 3.63) is 60.2 Å². The molecule has 0 aromatic heterocycles. The highest BCUT2D eigenvalue weighted by molar-refractivity contribution is 7.88. The van der Waals surface area contributed by atoms with Gasteiger partial charge in [-0.05, 0) is 35.4 Å². The minimum Gasteiger partial charge on any atom is -0.598 e. The zero-order chi connectivity index (χ0) is 18.1. The summed E-state index contributed by atoms with van der Waals surface area (Å²) in [5, 5.41) is 0. The average molecular weight is 369 g/mol. The molecule has 5 heteroatoms. The number of amides is 1. The van der Waals surface area contributed by atoms with Crippen molar-refractivity contribution in [2.45, 2.75) is 24.8 Å². The van der Waals surface area contributed by atoms with E-state index in [0.717, 1.165) is 19.4 Å². The number of carbonyl (C=O) groups is 1. The number of nitrogens with one attached hydrogen (secondary N) is 1. The molecular formula is C21H24N2O2S. The van der Waals surface area contributed by atoms with E-state index in [1.165, 1.54) is 16.7 Å². The standard InChI is InChI=1S/C21H24N2O2S/c1-26(25)22-16-11-12-23(14-16)21(24)20-13-19(20)18-10-6-5-9-17(18)15-7-3-2-4-8-15/h2-10,16,19-20,22H,11-14H2,1H3/t16-,19?,20?,26?/m1/s1. The monoisotopic (exact) mass is 368 g/mol. The summed E-state index contributed by atoms with van der Waals surface area (Å²) in [5.41, 5.74) is 3.72. The van der Waals surface area contributed by atoms with Crippen molar-refractivity contribution < 1.29 is 9.35 Å². The molecule has 3 unspecified atom stereocenters. The van der Waals surface area contributed by atoms with Crippen molar-refractivity contribution in [2.24, 2.45) is 5.92 Å². The Labute approximate surface area is 157 Å². The average Bonchev–Trinajstić information content (AvgIpc) is 3.33. The molecule has 4 rings (SSSR count). The van der Waals surface area contributed by atoms with Gasteiger partial charge in [-0.3, -0.25) is 4.79 Å². The van der Waals surface area contributed by atoms with Gasteiger partial charge in [0, 0.05) is 30.4 Å². The van der Waals surface area contributed by atoms with Crippen LogP contribution in [0.1, 0.15) is 24.3 Å². The number of benzene rings is 2. The predicted molar refractivity (Wildman–Crippen MR) is 105 cm³/mol. The van der Waals surface area contributed by atoms with Crippen LogP contribution in [0.2, 0.25) is 0 Å². The second-order valence-electron chi connectivity index (χ2n) is 7.24. The molecule has 136 valence electrons. The van der Waals surface area contributed by atoms with Crippen LogP contribution in [0, 0.1) is 5.92 Å². The smallest absolute Gasteiger partial charge is 0.226 e. The highest BCUT2D eigenvalue weighted by Gasteiger charge is 2.47. The van der Waals surface area contributed by atoms with Crippen LogP contribution < -0.4 is 4.72 Å². The molecule has 2 aromatic carbocycles. The van der Waals surface area contributed by atoms with Crippen LogP contribution >= 0.6 is 0 Å². The fourth-order valence-corrected chi connectivity index (χ4v) is 4.70. The molecule has 1 saturated carbocycles. The van der Waals surface area contributed by atoms with Crippen molar-refractivity contribution >= 4 is 17.3 Å². The Balaban J connectivity index is 1.46.